The van der Waals surface area contributed by atoms with Gasteiger partial charge in [-0.1, -0.05) is 0 Å². The molecule has 6 heteroatoms. The number of hydrogen-bond donors (Lipinski definition) is 0. The van der Waals surface area contributed by atoms with Gasteiger partial charge in [0.15, 0.2) is 11.5 Å². The van der Waals surface area contributed by atoms with E-state index < -0.39 is 0 Å². The van der Waals surface area contributed by atoms with Crippen molar-refractivity contribution in [3.8, 4) is 17.5 Å². The minimum absolute atomic E-state index is 0.573. The Morgan fingerprint density at radius 2 is 2.17 bits per heavy atom. The van der Waals surface area contributed by atoms with E-state index in [2.05, 4.69) is 21.4 Å². The van der Waals surface area contributed by atoms with Gasteiger partial charge in [-0.3, -0.25) is 9.08 Å². The molecule has 0 fully saturated rings. The molecule has 88 valence electrons. The van der Waals surface area contributed by atoms with Crippen molar-refractivity contribution in [3.05, 3.63) is 35.8 Å². The second kappa shape index (κ2) is 3.67. The summed E-state index contributed by atoms with van der Waals surface area (Å²) in [7, 11) is 1.87. The van der Waals surface area contributed by atoms with Crippen LogP contribution < -0.4 is 0 Å². The molecule has 0 aromatic carbocycles. The Morgan fingerprint density at radius 3 is 2.83 bits per heavy atom. The molecule has 6 nitrogen and oxygen atoms in total. The first-order valence-corrected chi connectivity index (χ1v) is 5.44. The maximum Gasteiger partial charge on any atom is 0.171 e. The van der Waals surface area contributed by atoms with E-state index in [4.69, 9.17) is 5.26 Å². The van der Waals surface area contributed by atoms with E-state index in [-0.39, 0.29) is 0 Å². The first-order chi connectivity index (χ1) is 8.69. The van der Waals surface area contributed by atoms with Gasteiger partial charge in [-0.05, 0) is 13.0 Å². The number of fused-ring (bicyclic) bond motifs is 1. The van der Waals surface area contributed by atoms with Crippen molar-refractivity contribution >= 4 is 5.65 Å². The van der Waals surface area contributed by atoms with Gasteiger partial charge in [0, 0.05) is 25.5 Å². The summed E-state index contributed by atoms with van der Waals surface area (Å²) >= 11 is 0. The summed E-state index contributed by atoms with van der Waals surface area (Å²) in [5.41, 5.74) is 3.07. The fourth-order valence-corrected chi connectivity index (χ4v) is 1.96. The van der Waals surface area contributed by atoms with Gasteiger partial charge in [-0.15, -0.1) is 10.2 Å². The molecule has 0 spiro atoms. The SMILES string of the molecule is Cc1nn(C)cc1-c1nnc2cc(C#N)ccn12. The molecule has 0 bridgehead atoms. The van der Waals surface area contributed by atoms with E-state index in [0.717, 1.165) is 17.1 Å². The van der Waals surface area contributed by atoms with Crippen LogP contribution in [0.5, 0.6) is 0 Å². The van der Waals surface area contributed by atoms with Crippen molar-refractivity contribution in [2.75, 3.05) is 0 Å². The van der Waals surface area contributed by atoms with Gasteiger partial charge in [0.25, 0.3) is 0 Å². The molecule has 0 atom stereocenters. The molecule has 18 heavy (non-hydrogen) atoms. The summed E-state index contributed by atoms with van der Waals surface area (Å²) in [4.78, 5) is 0. The Balaban J connectivity index is 2.25. The van der Waals surface area contributed by atoms with Crippen molar-refractivity contribution in [2.45, 2.75) is 6.92 Å². The second-order valence-electron chi connectivity index (χ2n) is 4.08. The summed E-state index contributed by atoms with van der Waals surface area (Å²) in [6.45, 7) is 1.93. The molecule has 0 radical (unpaired) electrons. The normalized spacial score (nSPS) is 10.7. The smallest absolute Gasteiger partial charge is 0.171 e. The summed E-state index contributed by atoms with van der Waals surface area (Å²) in [5.74, 6) is 0.736. The van der Waals surface area contributed by atoms with E-state index in [1.807, 2.05) is 24.6 Å². The molecule has 0 N–H and O–H groups in total. The lowest BCUT2D eigenvalue weighted by atomic mass is 10.2. The van der Waals surface area contributed by atoms with Crippen LogP contribution >= 0.6 is 0 Å². The average molecular weight is 238 g/mol. The van der Waals surface area contributed by atoms with Crippen molar-refractivity contribution in [1.29, 1.82) is 5.26 Å². The molecule has 3 aromatic rings. The van der Waals surface area contributed by atoms with E-state index in [1.165, 1.54) is 0 Å². The van der Waals surface area contributed by atoms with Crippen LogP contribution in [0.25, 0.3) is 17.0 Å². The Kier molecular flexibility index (Phi) is 2.13. The summed E-state index contributed by atoms with van der Waals surface area (Å²) in [6.07, 6.45) is 3.71. The van der Waals surface area contributed by atoms with Crippen LogP contribution in [0.15, 0.2) is 24.5 Å². The molecular formula is C12H10N6. The summed E-state index contributed by atoms with van der Waals surface area (Å²) < 4.78 is 3.60. The second-order valence-corrected chi connectivity index (χ2v) is 4.08. The van der Waals surface area contributed by atoms with Gasteiger partial charge in [0.1, 0.15) is 0 Å². The first kappa shape index (κ1) is 10.5. The van der Waals surface area contributed by atoms with Gasteiger partial charge in [0.2, 0.25) is 0 Å². The molecule has 3 aromatic heterocycles. The lowest BCUT2D eigenvalue weighted by Gasteiger charge is -1.97. The van der Waals surface area contributed by atoms with Gasteiger partial charge >= 0.3 is 0 Å². The lowest BCUT2D eigenvalue weighted by Crippen LogP contribution is -1.90. The molecule has 0 saturated heterocycles. The maximum absolute atomic E-state index is 8.85. The standard InChI is InChI=1S/C12H10N6/c1-8-10(7-17(2)16-8)12-15-14-11-5-9(6-13)3-4-18(11)12/h3-5,7H,1-2H3. The zero-order valence-electron chi connectivity index (χ0n) is 9.99. The van der Waals surface area contributed by atoms with Crippen molar-refractivity contribution in [1.82, 2.24) is 24.4 Å². The number of nitriles is 1. The quantitative estimate of drug-likeness (QED) is 0.640. The number of nitrogens with zero attached hydrogens (tertiary/aromatic N) is 6. The molecule has 0 aliphatic carbocycles. The highest BCUT2D eigenvalue weighted by molar-refractivity contribution is 5.61. The van der Waals surface area contributed by atoms with Crippen LogP contribution in [0.2, 0.25) is 0 Å². The minimum atomic E-state index is 0.573. The number of rotatable bonds is 1. The molecule has 0 amide bonds. The zero-order chi connectivity index (χ0) is 12.7. The predicted octanol–water partition coefficient (Wildman–Crippen LogP) is 1.31. The molecule has 0 aliphatic heterocycles. The molecule has 3 rings (SSSR count). The number of aryl methyl sites for hydroxylation is 2. The van der Waals surface area contributed by atoms with Crippen LogP contribution in [0.4, 0.5) is 0 Å². The van der Waals surface area contributed by atoms with Crippen molar-refractivity contribution in [2.24, 2.45) is 7.05 Å². The lowest BCUT2D eigenvalue weighted by molar-refractivity contribution is 0.756. The molecule has 0 unspecified atom stereocenters. The third-order valence-electron chi connectivity index (χ3n) is 2.79. The monoisotopic (exact) mass is 238 g/mol. The van der Waals surface area contributed by atoms with Gasteiger partial charge in [-0.2, -0.15) is 10.4 Å². The van der Waals surface area contributed by atoms with Gasteiger partial charge < -0.3 is 0 Å². The first-order valence-electron chi connectivity index (χ1n) is 5.44. The molecule has 0 saturated carbocycles. The largest absolute Gasteiger partial charge is 0.282 e. The zero-order valence-corrected chi connectivity index (χ0v) is 9.99. The van der Waals surface area contributed by atoms with E-state index >= 15 is 0 Å². The van der Waals surface area contributed by atoms with Crippen LogP contribution in [0, 0.1) is 18.3 Å². The van der Waals surface area contributed by atoms with Crippen LogP contribution in [0.1, 0.15) is 11.3 Å². The third-order valence-corrected chi connectivity index (χ3v) is 2.79. The summed E-state index contributed by atoms with van der Waals surface area (Å²) in [6, 6.07) is 5.54. The Bertz CT molecular complexity index is 774. The van der Waals surface area contributed by atoms with E-state index in [0.29, 0.717) is 11.2 Å². The Labute approximate surface area is 103 Å². The molecular weight excluding hydrogens is 228 g/mol. The number of hydrogen-bond acceptors (Lipinski definition) is 4. The average Bonchev–Trinajstić information content (AvgIpc) is 2.91. The molecule has 0 aliphatic rings. The topological polar surface area (TPSA) is 71.8 Å². The summed E-state index contributed by atoms with van der Waals surface area (Å²) in [5, 5.41) is 21.4. The Morgan fingerprint density at radius 1 is 1.33 bits per heavy atom. The van der Waals surface area contributed by atoms with E-state index in [9.17, 15) is 0 Å². The van der Waals surface area contributed by atoms with Crippen LogP contribution in [-0.4, -0.2) is 24.4 Å². The highest BCUT2D eigenvalue weighted by atomic mass is 15.3. The van der Waals surface area contributed by atoms with Crippen molar-refractivity contribution < 1.29 is 0 Å². The predicted molar refractivity (Wildman–Crippen MR) is 64.6 cm³/mol. The van der Waals surface area contributed by atoms with Crippen LogP contribution in [0.3, 0.4) is 0 Å². The fraction of sp³-hybridized carbons (Fsp3) is 0.167. The van der Waals surface area contributed by atoms with Crippen molar-refractivity contribution in [3.63, 3.8) is 0 Å². The van der Waals surface area contributed by atoms with Gasteiger partial charge in [0.05, 0.1) is 22.9 Å². The maximum atomic E-state index is 8.85. The minimum Gasteiger partial charge on any atom is -0.282 e. The highest BCUT2D eigenvalue weighted by Gasteiger charge is 2.13. The van der Waals surface area contributed by atoms with Gasteiger partial charge in [-0.25, -0.2) is 0 Å². The molecule has 3 heterocycles. The van der Waals surface area contributed by atoms with E-state index in [1.54, 1.807) is 23.0 Å². The number of pyridine rings is 1. The van der Waals surface area contributed by atoms with Crippen LogP contribution in [-0.2, 0) is 7.05 Å². The Hall–Kier alpha value is -2.68. The number of aromatic nitrogens is 5. The highest BCUT2D eigenvalue weighted by Crippen LogP contribution is 2.21. The fourth-order valence-electron chi connectivity index (χ4n) is 1.96. The third kappa shape index (κ3) is 1.45.